The lowest BCUT2D eigenvalue weighted by Gasteiger charge is -2.61. The molecule has 1 amide bonds. The van der Waals surface area contributed by atoms with Gasteiger partial charge in [-0.2, -0.15) is 0 Å². The molecule has 5 aromatic carbocycles. The molecule has 0 heterocycles. The highest BCUT2D eigenvalue weighted by molar-refractivity contribution is 7.53. The molecule has 25 atom stereocenters. The van der Waals surface area contributed by atoms with Crippen molar-refractivity contribution in [3.63, 3.8) is 0 Å². The van der Waals surface area contributed by atoms with Crippen LogP contribution >= 0.6 is 30.4 Å². The molecule has 15 aliphatic carbocycles. The minimum Gasteiger partial charge on any atom is -0.550 e. The standard InChI is InChI=1S/C30H41NO6.4C23H35O3P/c1-17-14-20(37-27(36)26(18(2)32)31-23(33)8-9-24(34)35)15-19-16-22-29(5)12-7-11-28(3,4)21(29)10-13-30(22,6)25(17)19;4*1-15-12-17(26-27(6,24)25)13-16-14-19-22(4)10-7-9-21(2,3)18(22)8-11-23(19,5)20(15)16/h14-15,21-22,26H,7-13,16H2,1-6H3,(H,31,33)(H,34,35);4*12-13,18-19H,7-11,14H2,1-6H3,(H,24,25)/p-1/t21-,22+,26?,29-,30+;18-,19+,22-,23+;18-,19+,22-,23-;18-,19-,22-,23+;18-,19-,22-,23-/m00000/s1. The van der Waals surface area contributed by atoms with Crippen LogP contribution in [0.4, 0.5) is 0 Å². The first kappa shape index (κ1) is 112. The van der Waals surface area contributed by atoms with Crippen LogP contribution in [-0.2, 0) is 96.6 Å². The lowest BCUT2D eigenvalue weighted by atomic mass is 9.43. The number of ether oxygens (including phenoxy) is 1. The molecule has 0 bridgehead atoms. The number of fused-ring (bicyclic) bond motifs is 25. The van der Waals surface area contributed by atoms with Crippen LogP contribution in [0.15, 0.2) is 60.7 Å². The number of aliphatic carboxylic acids is 1. The van der Waals surface area contributed by atoms with Gasteiger partial charge < -0.3 is 57.6 Å². The van der Waals surface area contributed by atoms with Gasteiger partial charge in [-0.25, -0.2) is 23.1 Å². The third-order valence-electron chi connectivity index (χ3n) is 43.7. The smallest absolute Gasteiger partial charge is 0.373 e. The number of carboxylic acids is 1. The zero-order valence-corrected chi connectivity index (χ0v) is 97.6. The molecule has 5 unspecified atom stereocenters. The molecule has 802 valence electrons. The van der Waals surface area contributed by atoms with Crippen molar-refractivity contribution in [1.82, 2.24) is 5.32 Å². The van der Waals surface area contributed by atoms with E-state index < -0.39 is 66.5 Å². The Hall–Kier alpha value is -5.86. The summed E-state index contributed by atoms with van der Waals surface area (Å²) in [5.41, 5.74) is 24.6. The number of esters is 1. The second-order valence-electron chi connectivity index (χ2n) is 55.9. The summed E-state index contributed by atoms with van der Waals surface area (Å²) in [7, 11) is -14.1. The lowest BCUT2D eigenvalue weighted by molar-refractivity contribution is -0.305. The average Bonchev–Trinajstić information content (AvgIpc) is 1.57. The van der Waals surface area contributed by atoms with Gasteiger partial charge in [0.15, 0.2) is 11.8 Å². The van der Waals surface area contributed by atoms with E-state index in [2.05, 4.69) is 178 Å². The van der Waals surface area contributed by atoms with E-state index in [4.69, 9.17) is 22.8 Å². The first-order valence-corrected chi connectivity index (χ1v) is 63.7. The third-order valence-corrected chi connectivity index (χ3v) is 45.9. The van der Waals surface area contributed by atoms with Crippen molar-refractivity contribution < 1.29 is 85.0 Å². The maximum atomic E-state index is 12.9. The van der Waals surface area contributed by atoms with E-state index in [0.29, 0.717) is 113 Å². The summed E-state index contributed by atoms with van der Waals surface area (Å²) in [5.74, 6) is 5.95. The van der Waals surface area contributed by atoms with Crippen LogP contribution in [0.25, 0.3) is 0 Å². The Morgan fingerprint density at radius 3 is 0.710 bits per heavy atom. The van der Waals surface area contributed by atoms with E-state index in [1.807, 2.05) is 60.7 Å². The Labute approximate surface area is 870 Å². The molecule has 10 fully saturated rings. The average molecular weight is 2070 g/mol. The third kappa shape index (κ3) is 20.3. The Balaban J connectivity index is 0.000000131. The van der Waals surface area contributed by atoms with Crippen molar-refractivity contribution in [2.45, 2.75) is 419 Å². The predicted molar refractivity (Wildman–Crippen MR) is 579 cm³/mol. The number of amides is 1. The Morgan fingerprint density at radius 2 is 0.517 bits per heavy atom. The van der Waals surface area contributed by atoms with E-state index in [0.717, 1.165) is 67.8 Å². The van der Waals surface area contributed by atoms with Crippen molar-refractivity contribution >= 4 is 54.0 Å². The number of carboxylic acid groups (broad SMARTS) is 1. The second kappa shape index (κ2) is 38.1. The molecule has 5 N–H and O–H groups in total. The van der Waals surface area contributed by atoms with Gasteiger partial charge >= 0.3 is 36.4 Å². The van der Waals surface area contributed by atoms with E-state index in [-0.39, 0.29) is 38.9 Å². The molecular formula is C122H180NO18P4-. The summed E-state index contributed by atoms with van der Waals surface area (Å²) in [5, 5.41) is 12.9. The van der Waals surface area contributed by atoms with Crippen LogP contribution in [0.5, 0.6) is 28.7 Å². The van der Waals surface area contributed by atoms with Gasteiger partial charge in [0.1, 0.15) is 28.7 Å². The quantitative estimate of drug-likeness (QED) is 0.0281. The van der Waals surface area contributed by atoms with Crippen LogP contribution in [0, 0.1) is 148 Å². The molecule has 145 heavy (non-hydrogen) atoms. The van der Waals surface area contributed by atoms with E-state index in [9.17, 15) is 62.1 Å². The second-order valence-corrected chi connectivity index (χ2v) is 63.1. The largest absolute Gasteiger partial charge is 0.550 e. The van der Waals surface area contributed by atoms with E-state index in [1.165, 1.54) is 266 Å². The summed E-state index contributed by atoms with van der Waals surface area (Å²) in [4.78, 5) is 86.2. The van der Waals surface area contributed by atoms with Gasteiger partial charge in [-0.15, -0.1) is 0 Å². The molecule has 0 spiro atoms. The van der Waals surface area contributed by atoms with Gasteiger partial charge in [0.2, 0.25) is 5.91 Å². The van der Waals surface area contributed by atoms with Gasteiger partial charge in [0.05, 0.1) is 0 Å². The lowest BCUT2D eigenvalue weighted by Crippen LogP contribution is -2.55. The van der Waals surface area contributed by atoms with Gasteiger partial charge in [-0.3, -0.25) is 9.59 Å². The fraction of sp³-hybridized carbons (Fsp3) is 0.721. The number of rotatable bonds is 15. The van der Waals surface area contributed by atoms with Crippen molar-refractivity contribution in [2.75, 3.05) is 26.7 Å². The number of aryl methyl sites for hydroxylation is 5. The monoisotopic (exact) mass is 2070 g/mol. The molecule has 0 saturated heterocycles. The zero-order chi connectivity index (χ0) is 107. The van der Waals surface area contributed by atoms with E-state index >= 15 is 0 Å². The fourth-order valence-electron chi connectivity index (χ4n) is 39.2. The Bertz CT molecular complexity index is 5570. The van der Waals surface area contributed by atoms with Gasteiger partial charge in [-0.05, 0) is 493 Å². The number of Topliss-reactive ketones (excluding diaryl/α,β-unsaturated/α-hetero) is 1. The molecule has 20 rings (SSSR count). The predicted octanol–water partition coefficient (Wildman–Crippen LogP) is 28.5. The molecular weight excluding hydrogens is 1890 g/mol. The van der Waals surface area contributed by atoms with Gasteiger partial charge in [0, 0.05) is 39.0 Å². The zero-order valence-electron chi connectivity index (χ0n) is 94.0. The Kier molecular flexibility index (Phi) is 29.4. The molecule has 0 aromatic heterocycles. The number of hydrogen-bond donors (Lipinski definition) is 5. The van der Waals surface area contributed by atoms with Gasteiger partial charge in [0.25, 0.3) is 0 Å². The van der Waals surface area contributed by atoms with Crippen LogP contribution in [0.2, 0.25) is 0 Å². The summed E-state index contributed by atoms with van der Waals surface area (Å²) in [6.45, 7) is 66.7. The summed E-state index contributed by atoms with van der Waals surface area (Å²) < 4.78 is 74.1. The minimum atomic E-state index is -3.54. The number of carbonyl (C=O) groups excluding carboxylic acids is 4. The number of nitrogens with one attached hydrogen (secondary N) is 1. The fourth-order valence-corrected chi connectivity index (χ4v) is 41.1. The van der Waals surface area contributed by atoms with Crippen molar-refractivity contribution in [3.05, 3.63) is 144 Å². The van der Waals surface area contributed by atoms with Crippen molar-refractivity contribution in [1.29, 1.82) is 0 Å². The highest BCUT2D eigenvalue weighted by Crippen LogP contribution is 2.75. The highest BCUT2D eigenvalue weighted by Gasteiger charge is 2.68. The maximum Gasteiger partial charge on any atom is 0.373 e. The summed E-state index contributed by atoms with van der Waals surface area (Å²) >= 11 is 0. The first-order chi connectivity index (χ1) is 66.7. The SMILES string of the molecule is CC(=O)C(NC(=O)CCC(=O)[O-])C(=O)Oc1cc(C)c2c(c1)C[C@@H]1[C@@]3(C)CCCC(C)(C)[C@@H]3CC[C@@]21C.Cc1cc(OP(C)(=O)O)cc2c1[C@@]1(C)CC[C@H]3C(C)(C)CCC[C@]3(C)[C@@H]1C2.Cc1cc(OP(C)(=O)O)cc2c1[C@@]1(C)CC[C@H]3C(C)(C)CCC[C@]3(C)[C@H]1C2.Cc1cc(OP(C)(=O)O)cc2c1[C@]1(C)CC[C@H]3C(C)(C)CCC[C@]3(C)[C@@H]1C2.Cc1cc(OP(C)(=O)O)cc2c1[C@]1(C)CC[C@H]3C(C)(C)CCC[C@]3(C)[C@H]1C2. The molecule has 0 radical (unpaired) electrons. The maximum absolute atomic E-state index is 12.9. The number of ketones is 1. The topological polar surface area (TPSA) is 299 Å². The molecule has 10 saturated carbocycles. The highest BCUT2D eigenvalue weighted by atomic mass is 31.2. The minimum absolute atomic E-state index is 0.0789. The van der Waals surface area contributed by atoms with Crippen LogP contribution in [-0.4, -0.2) is 75.9 Å². The summed E-state index contributed by atoms with van der Waals surface area (Å²) in [6, 6.07) is 18.4. The molecule has 23 heteroatoms. The molecule has 15 aliphatic rings. The molecule has 19 nitrogen and oxygen atoms in total. The van der Waals surface area contributed by atoms with Crippen LogP contribution in [0.1, 0.15) is 402 Å². The number of benzene rings is 5. The number of hydrogen-bond acceptors (Lipinski definition) is 14. The van der Waals surface area contributed by atoms with Gasteiger partial charge in [-0.1, -0.05) is 171 Å². The van der Waals surface area contributed by atoms with Crippen molar-refractivity contribution in [3.8, 4) is 28.7 Å². The molecule has 5 aromatic rings. The van der Waals surface area contributed by atoms with E-state index in [1.54, 1.807) is 0 Å². The summed E-state index contributed by atoms with van der Waals surface area (Å²) in [6.07, 6.45) is 36.9. The first-order valence-electron chi connectivity index (χ1n) is 55.6. The molecule has 0 aliphatic heterocycles. The van der Waals surface area contributed by atoms with Crippen LogP contribution < -0.4 is 33.3 Å². The van der Waals surface area contributed by atoms with Crippen molar-refractivity contribution in [2.24, 2.45) is 113 Å². The van der Waals surface area contributed by atoms with Crippen LogP contribution in [0.3, 0.4) is 0 Å². The number of carbonyl (C=O) groups is 4. The Morgan fingerprint density at radius 1 is 0.317 bits per heavy atom. The normalized spacial score (nSPS) is 36.8.